The van der Waals surface area contributed by atoms with E-state index < -0.39 is 23.6 Å². The van der Waals surface area contributed by atoms with Crippen LogP contribution in [0.15, 0.2) is 84.9 Å². The van der Waals surface area contributed by atoms with Gasteiger partial charge in [0.25, 0.3) is 0 Å². The maximum atomic E-state index is 14.1. The molecule has 0 aliphatic rings. The molecule has 0 radical (unpaired) electrons. The summed E-state index contributed by atoms with van der Waals surface area (Å²) in [6.07, 6.45) is -9.44. The van der Waals surface area contributed by atoms with Crippen molar-refractivity contribution in [3.05, 3.63) is 96.2 Å². The fourth-order valence-corrected chi connectivity index (χ4v) is 3.99. The standard InChI is InChI=1S/C26H14F6N2/c27-25(28,29)19-14-21(16-9-5-2-6-10-16)34-24-17(19)11-12-20-23(24)18(15-7-3-1-4-8-15)13-22(33-20)26(30,31)32/h1-14H. The van der Waals surface area contributed by atoms with Gasteiger partial charge in [-0.2, -0.15) is 26.3 Å². The van der Waals surface area contributed by atoms with E-state index in [0.29, 0.717) is 11.1 Å². The van der Waals surface area contributed by atoms with Crippen molar-refractivity contribution in [1.29, 1.82) is 0 Å². The minimum absolute atomic E-state index is 0.0619. The third-order valence-corrected chi connectivity index (χ3v) is 5.50. The first-order valence-electron chi connectivity index (χ1n) is 10.2. The van der Waals surface area contributed by atoms with Crippen LogP contribution < -0.4 is 0 Å². The Kier molecular flexibility index (Phi) is 5.04. The lowest BCUT2D eigenvalue weighted by atomic mass is 9.95. The molecule has 0 fully saturated rings. The molecule has 0 atom stereocenters. The summed E-state index contributed by atoms with van der Waals surface area (Å²) in [7, 11) is 0. The number of hydrogen-bond donors (Lipinski definition) is 0. The van der Waals surface area contributed by atoms with E-state index in [1.807, 2.05) is 0 Å². The highest BCUT2D eigenvalue weighted by Crippen LogP contribution is 2.42. The number of benzene rings is 3. The van der Waals surface area contributed by atoms with Crippen LogP contribution in [0.4, 0.5) is 26.3 Å². The molecule has 3 aromatic carbocycles. The van der Waals surface area contributed by atoms with Crippen molar-refractivity contribution in [2.75, 3.05) is 0 Å². The zero-order valence-electron chi connectivity index (χ0n) is 17.2. The van der Waals surface area contributed by atoms with Gasteiger partial charge in [-0.05, 0) is 29.3 Å². The van der Waals surface area contributed by atoms with Gasteiger partial charge in [-0.15, -0.1) is 0 Å². The van der Waals surface area contributed by atoms with Crippen LogP contribution in [0.3, 0.4) is 0 Å². The van der Waals surface area contributed by atoms with Gasteiger partial charge in [-0.1, -0.05) is 66.7 Å². The zero-order valence-corrected chi connectivity index (χ0v) is 17.2. The quantitative estimate of drug-likeness (QED) is 0.193. The van der Waals surface area contributed by atoms with E-state index in [9.17, 15) is 26.3 Å². The summed E-state index contributed by atoms with van der Waals surface area (Å²) in [5, 5.41) is -0.0848. The summed E-state index contributed by atoms with van der Waals surface area (Å²) in [6, 6.07) is 20.6. The molecule has 0 spiro atoms. The summed E-state index contributed by atoms with van der Waals surface area (Å²) >= 11 is 0. The second-order valence-corrected chi connectivity index (χ2v) is 7.69. The summed E-state index contributed by atoms with van der Waals surface area (Å²) in [5.74, 6) is 0. The number of pyridine rings is 2. The Morgan fingerprint density at radius 2 is 1.21 bits per heavy atom. The van der Waals surface area contributed by atoms with E-state index >= 15 is 0 Å². The highest BCUT2D eigenvalue weighted by Gasteiger charge is 2.36. The molecule has 0 amide bonds. The Bertz CT molecular complexity index is 1510. The van der Waals surface area contributed by atoms with Gasteiger partial charge in [0, 0.05) is 16.3 Å². The molecule has 0 aliphatic carbocycles. The average molecular weight is 468 g/mol. The summed E-state index contributed by atoms with van der Waals surface area (Å²) in [6.45, 7) is 0. The van der Waals surface area contributed by atoms with Gasteiger partial charge in [0.1, 0.15) is 5.69 Å². The van der Waals surface area contributed by atoms with Crippen molar-refractivity contribution in [3.63, 3.8) is 0 Å². The van der Waals surface area contributed by atoms with Gasteiger partial charge in [0.05, 0.1) is 22.3 Å². The average Bonchev–Trinajstić information content (AvgIpc) is 2.82. The van der Waals surface area contributed by atoms with Gasteiger partial charge in [-0.25, -0.2) is 9.97 Å². The molecule has 2 heterocycles. The Labute approximate surface area is 189 Å². The van der Waals surface area contributed by atoms with Crippen LogP contribution in [0.2, 0.25) is 0 Å². The summed E-state index contributed by atoms with van der Waals surface area (Å²) < 4.78 is 83.0. The van der Waals surface area contributed by atoms with E-state index in [1.165, 1.54) is 6.07 Å². The van der Waals surface area contributed by atoms with E-state index in [-0.39, 0.29) is 33.1 Å². The first-order chi connectivity index (χ1) is 16.1. The van der Waals surface area contributed by atoms with Crippen molar-refractivity contribution < 1.29 is 26.3 Å². The topological polar surface area (TPSA) is 25.8 Å². The molecular formula is C26H14F6N2. The molecule has 170 valence electrons. The lowest BCUT2D eigenvalue weighted by Gasteiger charge is -2.17. The minimum Gasteiger partial charge on any atom is -0.247 e. The second-order valence-electron chi connectivity index (χ2n) is 7.69. The van der Waals surface area contributed by atoms with Crippen LogP contribution in [0.25, 0.3) is 44.2 Å². The zero-order chi connectivity index (χ0) is 24.1. The molecule has 34 heavy (non-hydrogen) atoms. The number of rotatable bonds is 2. The van der Waals surface area contributed by atoms with Gasteiger partial charge >= 0.3 is 12.4 Å². The number of alkyl halides is 6. The molecule has 0 saturated carbocycles. The molecule has 0 N–H and O–H groups in total. The van der Waals surface area contributed by atoms with Crippen LogP contribution in [-0.2, 0) is 12.4 Å². The molecule has 0 unspecified atom stereocenters. The number of nitrogens with zero attached hydrogens (tertiary/aromatic N) is 2. The molecule has 2 aromatic heterocycles. The van der Waals surface area contributed by atoms with E-state index in [0.717, 1.165) is 18.2 Å². The predicted octanol–water partition coefficient (Wildman–Crippen LogP) is 8.15. The highest BCUT2D eigenvalue weighted by molar-refractivity contribution is 6.12. The van der Waals surface area contributed by atoms with Crippen LogP contribution in [0, 0.1) is 0 Å². The highest BCUT2D eigenvalue weighted by atomic mass is 19.4. The third-order valence-electron chi connectivity index (χ3n) is 5.50. The Balaban J connectivity index is 1.97. The van der Waals surface area contributed by atoms with Crippen molar-refractivity contribution in [3.8, 4) is 22.4 Å². The number of halogens is 6. The number of hydrogen-bond acceptors (Lipinski definition) is 2. The molecule has 5 rings (SSSR count). The van der Waals surface area contributed by atoms with Crippen molar-refractivity contribution in [2.45, 2.75) is 12.4 Å². The summed E-state index contributed by atoms with van der Waals surface area (Å²) in [4.78, 5) is 8.24. The lowest BCUT2D eigenvalue weighted by Crippen LogP contribution is -2.10. The van der Waals surface area contributed by atoms with Crippen molar-refractivity contribution in [2.24, 2.45) is 0 Å². The van der Waals surface area contributed by atoms with E-state index in [2.05, 4.69) is 9.97 Å². The van der Waals surface area contributed by atoms with E-state index in [4.69, 9.17) is 0 Å². The fraction of sp³-hybridized carbons (Fsp3) is 0.0769. The molecule has 2 nitrogen and oxygen atoms in total. The van der Waals surface area contributed by atoms with Gasteiger partial charge in [-0.3, -0.25) is 0 Å². The van der Waals surface area contributed by atoms with Crippen LogP contribution >= 0.6 is 0 Å². The van der Waals surface area contributed by atoms with Crippen LogP contribution in [0.1, 0.15) is 11.3 Å². The number of fused-ring (bicyclic) bond motifs is 3. The second kappa shape index (κ2) is 7.83. The molecule has 0 bridgehead atoms. The molecular weight excluding hydrogens is 454 g/mol. The maximum Gasteiger partial charge on any atom is 0.433 e. The smallest absolute Gasteiger partial charge is 0.247 e. The normalized spacial score (nSPS) is 12.4. The van der Waals surface area contributed by atoms with Crippen LogP contribution in [0.5, 0.6) is 0 Å². The molecule has 0 saturated heterocycles. The molecule has 8 heteroatoms. The van der Waals surface area contributed by atoms with Crippen molar-refractivity contribution >= 4 is 21.8 Å². The van der Waals surface area contributed by atoms with Gasteiger partial charge in [0.2, 0.25) is 0 Å². The lowest BCUT2D eigenvalue weighted by molar-refractivity contribution is -0.141. The Hall–Kier alpha value is -3.94. The van der Waals surface area contributed by atoms with Crippen molar-refractivity contribution in [1.82, 2.24) is 9.97 Å². The Morgan fingerprint density at radius 3 is 1.79 bits per heavy atom. The minimum atomic E-state index is -4.73. The number of aromatic nitrogens is 2. The fourth-order valence-electron chi connectivity index (χ4n) is 3.99. The van der Waals surface area contributed by atoms with Gasteiger partial charge < -0.3 is 0 Å². The predicted molar refractivity (Wildman–Crippen MR) is 118 cm³/mol. The Morgan fingerprint density at radius 1 is 0.588 bits per heavy atom. The first kappa shape index (κ1) is 21.9. The largest absolute Gasteiger partial charge is 0.433 e. The maximum absolute atomic E-state index is 14.1. The van der Waals surface area contributed by atoms with Crippen LogP contribution in [-0.4, -0.2) is 9.97 Å². The SMILES string of the molecule is FC(F)(F)c1cc(-c2ccccc2)c2c(ccc3c(C(F)(F)F)cc(-c4ccccc4)nc32)n1. The monoisotopic (exact) mass is 468 g/mol. The van der Waals surface area contributed by atoms with E-state index in [1.54, 1.807) is 60.7 Å². The molecule has 0 aliphatic heterocycles. The first-order valence-corrected chi connectivity index (χ1v) is 10.2. The third kappa shape index (κ3) is 3.85. The van der Waals surface area contributed by atoms with Gasteiger partial charge in [0.15, 0.2) is 0 Å². The molecule has 5 aromatic rings. The summed E-state index contributed by atoms with van der Waals surface area (Å²) in [5.41, 5.74) is -1.17.